The van der Waals surface area contributed by atoms with Crippen LogP contribution >= 0.6 is 0 Å². The molecule has 1 fully saturated rings. The summed E-state index contributed by atoms with van der Waals surface area (Å²) in [6.07, 6.45) is 3.39. The van der Waals surface area contributed by atoms with Gasteiger partial charge >= 0.3 is 0 Å². The molecule has 0 aromatic heterocycles. The Kier molecular flexibility index (Phi) is 2.86. The van der Waals surface area contributed by atoms with E-state index in [-0.39, 0.29) is 11.9 Å². The summed E-state index contributed by atoms with van der Waals surface area (Å²) in [7, 11) is 0. The van der Waals surface area contributed by atoms with Gasteiger partial charge in [0.2, 0.25) is 0 Å². The fourth-order valence-corrected chi connectivity index (χ4v) is 1.61. The maximum atomic E-state index is 11.6. The van der Waals surface area contributed by atoms with E-state index in [1.54, 1.807) is 0 Å². The van der Waals surface area contributed by atoms with E-state index in [2.05, 4.69) is 0 Å². The number of ether oxygens (including phenoxy) is 1. The van der Waals surface area contributed by atoms with Gasteiger partial charge in [0.15, 0.2) is 11.5 Å². The summed E-state index contributed by atoms with van der Waals surface area (Å²) in [5.41, 5.74) is 1.01. The molecule has 0 amide bonds. The van der Waals surface area contributed by atoms with Crippen molar-refractivity contribution >= 4 is 11.9 Å². The van der Waals surface area contributed by atoms with Crippen LogP contribution in [-0.2, 0) is 9.53 Å². The number of allylic oxidation sites excluding steroid dienone is 1. The van der Waals surface area contributed by atoms with Crippen LogP contribution < -0.4 is 0 Å². The lowest BCUT2D eigenvalue weighted by atomic mass is 10.1. The Morgan fingerprint density at radius 3 is 2.80 bits per heavy atom. The van der Waals surface area contributed by atoms with Gasteiger partial charge in [0.05, 0.1) is 6.10 Å². The van der Waals surface area contributed by atoms with Crippen molar-refractivity contribution < 1.29 is 9.53 Å². The highest BCUT2D eigenvalue weighted by molar-refractivity contribution is 5.98. The summed E-state index contributed by atoms with van der Waals surface area (Å²) >= 11 is 0. The summed E-state index contributed by atoms with van der Waals surface area (Å²) in [6, 6.07) is 9.77. The van der Waals surface area contributed by atoms with Crippen LogP contribution in [0.3, 0.4) is 0 Å². The zero-order valence-electron chi connectivity index (χ0n) is 8.77. The largest absolute Gasteiger partial charge is 0.487 e. The second-order valence-corrected chi connectivity index (χ2v) is 3.81. The van der Waals surface area contributed by atoms with Crippen LogP contribution in [-0.4, -0.2) is 11.9 Å². The standard InChI is InChI=1S/C13H14O2/c1-10-7-8-12(14)13(15-10)9-11-5-3-2-4-6-11/h2-6,9-10H,7-8H2,1H3/b13-9-. The smallest absolute Gasteiger partial charge is 0.197 e. The van der Waals surface area contributed by atoms with Gasteiger partial charge in [-0.25, -0.2) is 0 Å². The number of ketones is 1. The molecule has 1 aliphatic heterocycles. The third kappa shape index (κ3) is 2.46. The molecule has 2 nitrogen and oxygen atoms in total. The monoisotopic (exact) mass is 202 g/mol. The second kappa shape index (κ2) is 4.30. The Hall–Kier alpha value is -1.57. The molecular weight excluding hydrogens is 188 g/mol. The second-order valence-electron chi connectivity index (χ2n) is 3.81. The van der Waals surface area contributed by atoms with Crippen LogP contribution in [0.4, 0.5) is 0 Å². The molecule has 2 rings (SSSR count). The SMILES string of the molecule is CC1CCC(=O)/C(=C/c2ccccc2)O1. The molecular formula is C13H14O2. The van der Waals surface area contributed by atoms with Gasteiger partial charge in [-0.3, -0.25) is 4.79 Å². The van der Waals surface area contributed by atoms with E-state index < -0.39 is 0 Å². The summed E-state index contributed by atoms with van der Waals surface area (Å²) in [5.74, 6) is 0.608. The van der Waals surface area contributed by atoms with Crippen molar-refractivity contribution in [3.05, 3.63) is 41.7 Å². The fraction of sp³-hybridized carbons (Fsp3) is 0.308. The van der Waals surface area contributed by atoms with E-state index in [4.69, 9.17) is 4.74 Å². The van der Waals surface area contributed by atoms with Crippen LogP contribution in [0, 0.1) is 0 Å². The number of benzene rings is 1. The van der Waals surface area contributed by atoms with Crippen LogP contribution in [0.25, 0.3) is 6.08 Å². The minimum atomic E-state index is 0.108. The molecule has 1 saturated heterocycles. The molecule has 0 aliphatic carbocycles. The average Bonchev–Trinajstić information content (AvgIpc) is 2.25. The zero-order valence-corrected chi connectivity index (χ0v) is 8.77. The average molecular weight is 202 g/mol. The Labute approximate surface area is 89.6 Å². The highest BCUT2D eigenvalue weighted by Crippen LogP contribution is 2.20. The molecule has 1 unspecified atom stereocenters. The normalized spacial score (nSPS) is 23.9. The number of rotatable bonds is 1. The molecule has 15 heavy (non-hydrogen) atoms. The minimum Gasteiger partial charge on any atom is -0.487 e. The highest BCUT2D eigenvalue weighted by Gasteiger charge is 2.21. The number of Topliss-reactive ketones (excluding diaryl/α,β-unsaturated/α-hetero) is 1. The van der Waals surface area contributed by atoms with Gasteiger partial charge in [0.25, 0.3) is 0 Å². The van der Waals surface area contributed by atoms with Crippen LogP contribution in [0.1, 0.15) is 25.3 Å². The molecule has 1 aliphatic rings. The van der Waals surface area contributed by atoms with Crippen molar-refractivity contribution in [3.8, 4) is 0 Å². The van der Waals surface area contributed by atoms with E-state index in [1.807, 2.05) is 43.3 Å². The third-order valence-electron chi connectivity index (χ3n) is 2.48. The summed E-state index contributed by atoms with van der Waals surface area (Å²) in [4.78, 5) is 11.6. The lowest BCUT2D eigenvalue weighted by molar-refractivity contribution is -0.123. The molecule has 0 spiro atoms. The molecule has 2 heteroatoms. The maximum Gasteiger partial charge on any atom is 0.197 e. The number of carbonyl (C=O) groups excluding carboxylic acids is 1. The highest BCUT2D eigenvalue weighted by atomic mass is 16.5. The van der Waals surface area contributed by atoms with E-state index in [1.165, 1.54) is 0 Å². The van der Waals surface area contributed by atoms with Gasteiger partial charge in [-0.15, -0.1) is 0 Å². The maximum absolute atomic E-state index is 11.6. The van der Waals surface area contributed by atoms with Gasteiger partial charge in [-0.1, -0.05) is 30.3 Å². The topological polar surface area (TPSA) is 26.3 Å². The van der Waals surface area contributed by atoms with Gasteiger partial charge in [0, 0.05) is 6.42 Å². The first-order chi connectivity index (χ1) is 7.25. The first-order valence-electron chi connectivity index (χ1n) is 5.22. The van der Waals surface area contributed by atoms with E-state index >= 15 is 0 Å². The molecule has 0 N–H and O–H groups in total. The van der Waals surface area contributed by atoms with Crippen LogP contribution in [0.5, 0.6) is 0 Å². The predicted octanol–water partition coefficient (Wildman–Crippen LogP) is 2.80. The summed E-state index contributed by atoms with van der Waals surface area (Å²) in [5, 5.41) is 0. The lowest BCUT2D eigenvalue weighted by Gasteiger charge is -2.21. The Balaban J connectivity index is 2.22. The molecule has 1 heterocycles. The van der Waals surface area contributed by atoms with Crippen molar-refractivity contribution in [2.24, 2.45) is 0 Å². The molecule has 1 aromatic carbocycles. The van der Waals surface area contributed by atoms with E-state index in [0.717, 1.165) is 12.0 Å². The van der Waals surface area contributed by atoms with Crippen molar-refractivity contribution in [1.82, 2.24) is 0 Å². The summed E-state index contributed by atoms with van der Waals surface area (Å²) < 4.78 is 5.51. The Bertz CT molecular complexity index is 379. The molecule has 1 atom stereocenters. The molecule has 0 saturated carbocycles. The molecule has 0 bridgehead atoms. The number of carbonyl (C=O) groups is 1. The Morgan fingerprint density at radius 1 is 1.33 bits per heavy atom. The van der Waals surface area contributed by atoms with E-state index in [9.17, 15) is 4.79 Å². The van der Waals surface area contributed by atoms with Gasteiger partial charge in [-0.05, 0) is 25.0 Å². The van der Waals surface area contributed by atoms with Crippen molar-refractivity contribution in [2.45, 2.75) is 25.9 Å². The number of hydrogen-bond donors (Lipinski definition) is 0. The van der Waals surface area contributed by atoms with Gasteiger partial charge < -0.3 is 4.74 Å². The van der Waals surface area contributed by atoms with Crippen molar-refractivity contribution in [1.29, 1.82) is 0 Å². The summed E-state index contributed by atoms with van der Waals surface area (Å²) in [6.45, 7) is 1.99. The van der Waals surface area contributed by atoms with E-state index in [0.29, 0.717) is 12.2 Å². The van der Waals surface area contributed by atoms with Crippen molar-refractivity contribution in [3.63, 3.8) is 0 Å². The lowest BCUT2D eigenvalue weighted by Crippen LogP contribution is -2.21. The zero-order chi connectivity index (χ0) is 10.7. The minimum absolute atomic E-state index is 0.108. The van der Waals surface area contributed by atoms with Crippen LogP contribution in [0.15, 0.2) is 36.1 Å². The van der Waals surface area contributed by atoms with Crippen molar-refractivity contribution in [2.75, 3.05) is 0 Å². The Morgan fingerprint density at radius 2 is 2.07 bits per heavy atom. The quantitative estimate of drug-likeness (QED) is 0.654. The van der Waals surface area contributed by atoms with Gasteiger partial charge in [0.1, 0.15) is 0 Å². The predicted molar refractivity (Wildman–Crippen MR) is 59.2 cm³/mol. The first kappa shape index (κ1) is 9.97. The fourth-order valence-electron chi connectivity index (χ4n) is 1.61. The molecule has 78 valence electrons. The first-order valence-corrected chi connectivity index (χ1v) is 5.22. The number of hydrogen-bond acceptors (Lipinski definition) is 2. The molecule has 1 aromatic rings. The van der Waals surface area contributed by atoms with Gasteiger partial charge in [-0.2, -0.15) is 0 Å². The third-order valence-corrected chi connectivity index (χ3v) is 2.48. The van der Waals surface area contributed by atoms with Crippen LogP contribution in [0.2, 0.25) is 0 Å². The molecule has 0 radical (unpaired) electrons.